The van der Waals surface area contributed by atoms with Crippen molar-refractivity contribution in [3.8, 4) is 11.1 Å². The van der Waals surface area contributed by atoms with Crippen molar-refractivity contribution < 1.29 is 4.79 Å². The molecule has 0 fully saturated rings. The molecule has 0 aliphatic carbocycles. The van der Waals surface area contributed by atoms with Crippen molar-refractivity contribution >= 4 is 21.7 Å². The Morgan fingerprint density at radius 3 is 2.41 bits per heavy atom. The molecule has 0 saturated carbocycles. The number of benzene rings is 2. The number of alkyl halides is 1. The van der Waals surface area contributed by atoms with E-state index in [2.05, 4.69) is 28.1 Å². The van der Waals surface area contributed by atoms with Gasteiger partial charge in [0.2, 0.25) is 0 Å². The summed E-state index contributed by atoms with van der Waals surface area (Å²) in [4.78, 5) is 11.3. The van der Waals surface area contributed by atoms with Crippen LogP contribution in [-0.4, -0.2) is 5.78 Å². The fourth-order valence-corrected chi connectivity index (χ4v) is 2.29. The first-order chi connectivity index (χ1) is 8.22. The zero-order chi connectivity index (χ0) is 12.3. The highest BCUT2D eigenvalue weighted by Crippen LogP contribution is 2.26. The van der Waals surface area contributed by atoms with Gasteiger partial charge in [-0.05, 0) is 29.7 Å². The third-order valence-electron chi connectivity index (χ3n) is 2.74. The Morgan fingerprint density at radius 2 is 1.82 bits per heavy atom. The van der Waals surface area contributed by atoms with Gasteiger partial charge in [0.1, 0.15) is 0 Å². The van der Waals surface area contributed by atoms with Gasteiger partial charge in [-0.15, -0.1) is 0 Å². The molecule has 0 aliphatic rings. The zero-order valence-corrected chi connectivity index (χ0v) is 11.2. The average Bonchev–Trinajstić information content (AvgIpc) is 2.39. The lowest BCUT2D eigenvalue weighted by molar-refractivity contribution is 0.101. The first kappa shape index (κ1) is 12.1. The van der Waals surface area contributed by atoms with Crippen LogP contribution in [0.2, 0.25) is 0 Å². The lowest BCUT2D eigenvalue weighted by Gasteiger charge is -2.09. The van der Waals surface area contributed by atoms with Gasteiger partial charge in [-0.1, -0.05) is 58.4 Å². The van der Waals surface area contributed by atoms with E-state index >= 15 is 0 Å². The summed E-state index contributed by atoms with van der Waals surface area (Å²) in [6.45, 7) is 1.59. The number of hydrogen-bond acceptors (Lipinski definition) is 1. The molecule has 2 heteroatoms. The van der Waals surface area contributed by atoms with Crippen LogP contribution < -0.4 is 0 Å². The predicted molar refractivity (Wildman–Crippen MR) is 74.5 cm³/mol. The standard InChI is InChI=1S/C15H13BrO/c1-11(17)13-7-8-15(14(9-13)10-16)12-5-3-2-4-6-12/h2-9H,10H2,1H3. The van der Waals surface area contributed by atoms with Gasteiger partial charge >= 0.3 is 0 Å². The minimum Gasteiger partial charge on any atom is -0.295 e. The maximum absolute atomic E-state index is 11.3. The van der Waals surface area contributed by atoms with Crippen LogP contribution in [0.4, 0.5) is 0 Å². The summed E-state index contributed by atoms with van der Waals surface area (Å²) in [6, 6.07) is 16.1. The van der Waals surface area contributed by atoms with Crippen LogP contribution in [0.1, 0.15) is 22.8 Å². The highest BCUT2D eigenvalue weighted by atomic mass is 79.9. The number of halogens is 1. The average molecular weight is 289 g/mol. The molecule has 86 valence electrons. The van der Waals surface area contributed by atoms with Gasteiger partial charge in [0.15, 0.2) is 5.78 Å². The van der Waals surface area contributed by atoms with E-state index in [4.69, 9.17) is 0 Å². The van der Waals surface area contributed by atoms with Gasteiger partial charge in [-0.25, -0.2) is 0 Å². The smallest absolute Gasteiger partial charge is 0.159 e. The summed E-state index contributed by atoms with van der Waals surface area (Å²) in [6.07, 6.45) is 0. The maximum Gasteiger partial charge on any atom is 0.159 e. The van der Waals surface area contributed by atoms with E-state index in [1.165, 1.54) is 11.1 Å². The Labute approximate surface area is 110 Å². The lowest BCUT2D eigenvalue weighted by atomic mass is 9.97. The minimum atomic E-state index is 0.104. The molecule has 0 aromatic heterocycles. The van der Waals surface area contributed by atoms with E-state index in [0.29, 0.717) is 0 Å². The largest absolute Gasteiger partial charge is 0.295 e. The highest BCUT2D eigenvalue weighted by Gasteiger charge is 2.07. The molecular weight excluding hydrogens is 276 g/mol. The molecular formula is C15H13BrO. The summed E-state index contributed by atoms with van der Waals surface area (Å²) < 4.78 is 0. The SMILES string of the molecule is CC(=O)c1ccc(-c2ccccc2)c(CBr)c1. The molecule has 0 unspecified atom stereocenters. The van der Waals surface area contributed by atoms with Crippen LogP contribution >= 0.6 is 15.9 Å². The third-order valence-corrected chi connectivity index (χ3v) is 3.34. The monoisotopic (exact) mass is 288 g/mol. The molecule has 2 aromatic carbocycles. The highest BCUT2D eigenvalue weighted by molar-refractivity contribution is 9.08. The molecule has 0 atom stereocenters. The summed E-state index contributed by atoms with van der Waals surface area (Å²) in [5, 5.41) is 0.748. The van der Waals surface area contributed by atoms with Crippen molar-refractivity contribution in [2.24, 2.45) is 0 Å². The van der Waals surface area contributed by atoms with Crippen molar-refractivity contribution in [1.82, 2.24) is 0 Å². The maximum atomic E-state index is 11.3. The number of ketones is 1. The van der Waals surface area contributed by atoms with Crippen LogP contribution in [-0.2, 0) is 5.33 Å². The molecule has 0 heterocycles. The second kappa shape index (κ2) is 5.28. The Balaban J connectivity index is 2.52. The van der Waals surface area contributed by atoms with Crippen molar-refractivity contribution in [1.29, 1.82) is 0 Å². The van der Waals surface area contributed by atoms with Crippen LogP contribution in [0.15, 0.2) is 48.5 Å². The molecule has 0 spiro atoms. The molecule has 2 aromatic rings. The second-order valence-electron chi connectivity index (χ2n) is 3.93. The molecule has 1 nitrogen and oxygen atoms in total. The molecule has 0 aliphatic heterocycles. The number of carbonyl (C=O) groups is 1. The van der Waals surface area contributed by atoms with Gasteiger partial charge in [0.25, 0.3) is 0 Å². The van der Waals surface area contributed by atoms with Crippen LogP contribution in [0.25, 0.3) is 11.1 Å². The molecule has 0 amide bonds. The molecule has 0 bridgehead atoms. The van der Waals surface area contributed by atoms with Gasteiger partial charge in [0.05, 0.1) is 0 Å². The fourth-order valence-electron chi connectivity index (χ4n) is 1.82. The predicted octanol–water partition coefficient (Wildman–Crippen LogP) is 4.45. The van der Waals surface area contributed by atoms with E-state index in [0.717, 1.165) is 16.5 Å². The van der Waals surface area contributed by atoms with Crippen LogP contribution in [0.3, 0.4) is 0 Å². The number of Topliss-reactive ketones (excluding diaryl/α,β-unsaturated/α-hetero) is 1. The summed E-state index contributed by atoms with van der Waals surface area (Å²) in [5.41, 5.74) is 4.26. The Bertz CT molecular complexity index is 532. The number of carbonyl (C=O) groups excluding carboxylic acids is 1. The van der Waals surface area contributed by atoms with Crippen molar-refractivity contribution in [3.05, 3.63) is 59.7 Å². The first-order valence-corrected chi connectivity index (χ1v) is 6.60. The van der Waals surface area contributed by atoms with Crippen molar-refractivity contribution in [2.75, 3.05) is 0 Å². The number of hydrogen-bond donors (Lipinski definition) is 0. The molecule has 0 N–H and O–H groups in total. The Hall–Kier alpha value is -1.41. The first-order valence-electron chi connectivity index (χ1n) is 5.47. The normalized spacial score (nSPS) is 10.2. The topological polar surface area (TPSA) is 17.1 Å². The second-order valence-corrected chi connectivity index (χ2v) is 4.49. The van der Waals surface area contributed by atoms with E-state index < -0.39 is 0 Å². The van der Waals surface area contributed by atoms with Gasteiger partial charge in [-0.3, -0.25) is 4.79 Å². The lowest BCUT2D eigenvalue weighted by Crippen LogP contribution is -1.95. The molecule has 0 saturated heterocycles. The van der Waals surface area contributed by atoms with Gasteiger partial charge < -0.3 is 0 Å². The molecule has 17 heavy (non-hydrogen) atoms. The van der Waals surface area contributed by atoms with E-state index in [9.17, 15) is 4.79 Å². The van der Waals surface area contributed by atoms with E-state index in [-0.39, 0.29) is 5.78 Å². The zero-order valence-electron chi connectivity index (χ0n) is 9.61. The summed E-state index contributed by atoms with van der Waals surface area (Å²) in [5.74, 6) is 0.104. The van der Waals surface area contributed by atoms with Crippen LogP contribution in [0, 0.1) is 0 Å². The van der Waals surface area contributed by atoms with Gasteiger partial charge in [0, 0.05) is 10.9 Å². The minimum absolute atomic E-state index is 0.104. The summed E-state index contributed by atoms with van der Waals surface area (Å²) >= 11 is 3.48. The van der Waals surface area contributed by atoms with Crippen molar-refractivity contribution in [3.63, 3.8) is 0 Å². The Morgan fingerprint density at radius 1 is 1.12 bits per heavy atom. The fraction of sp³-hybridized carbons (Fsp3) is 0.133. The Kier molecular flexibility index (Phi) is 3.75. The van der Waals surface area contributed by atoms with Crippen molar-refractivity contribution in [2.45, 2.75) is 12.3 Å². The third kappa shape index (κ3) is 2.64. The number of rotatable bonds is 3. The van der Waals surface area contributed by atoms with E-state index in [1.54, 1.807) is 6.92 Å². The van der Waals surface area contributed by atoms with Gasteiger partial charge in [-0.2, -0.15) is 0 Å². The molecule has 2 rings (SSSR count). The van der Waals surface area contributed by atoms with E-state index in [1.807, 2.05) is 36.4 Å². The summed E-state index contributed by atoms with van der Waals surface area (Å²) in [7, 11) is 0. The quantitative estimate of drug-likeness (QED) is 0.602. The molecule has 0 radical (unpaired) electrons. The van der Waals surface area contributed by atoms with Crippen LogP contribution in [0.5, 0.6) is 0 Å².